The molecule has 2 rings (SSSR count). The van der Waals surface area contributed by atoms with E-state index in [1.807, 2.05) is 0 Å². The van der Waals surface area contributed by atoms with Gasteiger partial charge in [-0.15, -0.1) is 0 Å². The van der Waals surface area contributed by atoms with Crippen LogP contribution in [0.3, 0.4) is 0 Å². The van der Waals surface area contributed by atoms with Gasteiger partial charge < -0.3 is 10.0 Å². The molecule has 1 heterocycles. The van der Waals surface area contributed by atoms with Gasteiger partial charge in [-0.2, -0.15) is 0 Å². The quantitative estimate of drug-likeness (QED) is 0.845. The summed E-state index contributed by atoms with van der Waals surface area (Å²) in [6, 6.07) is 8.88. The van der Waals surface area contributed by atoms with Gasteiger partial charge in [-0.25, -0.2) is 0 Å². The van der Waals surface area contributed by atoms with E-state index in [1.165, 1.54) is 16.8 Å². The van der Waals surface area contributed by atoms with Gasteiger partial charge in [0.15, 0.2) is 0 Å². The highest BCUT2D eigenvalue weighted by atomic mass is 16.3. The molecule has 0 unspecified atom stereocenters. The molecule has 1 aromatic rings. The number of aliphatic hydroxyl groups is 1. The van der Waals surface area contributed by atoms with Crippen LogP contribution in [-0.4, -0.2) is 17.8 Å². The van der Waals surface area contributed by atoms with Gasteiger partial charge in [0.1, 0.15) is 0 Å². The van der Waals surface area contributed by atoms with Gasteiger partial charge in [0.2, 0.25) is 0 Å². The number of nitrogens with zero attached hydrogens (tertiary/aromatic N) is 1. The maximum Gasteiger partial charge on any atom is 0.0832 e. The van der Waals surface area contributed by atoms with Crippen molar-refractivity contribution < 1.29 is 5.11 Å². The molecule has 0 radical (unpaired) electrons. The lowest BCUT2D eigenvalue weighted by molar-refractivity contribution is 0.323. The van der Waals surface area contributed by atoms with E-state index in [0.29, 0.717) is 6.04 Å². The van der Waals surface area contributed by atoms with Crippen molar-refractivity contribution >= 4 is 5.69 Å². The zero-order valence-corrected chi connectivity index (χ0v) is 10.9. The number of fused-ring (bicyclic) bond motifs is 1. The smallest absolute Gasteiger partial charge is 0.0832 e. The first-order chi connectivity index (χ1) is 8.15. The highest BCUT2D eigenvalue weighted by Crippen LogP contribution is 2.33. The van der Waals surface area contributed by atoms with Gasteiger partial charge in [0.05, 0.1) is 6.61 Å². The minimum Gasteiger partial charge on any atom is -0.390 e. The Labute approximate surface area is 104 Å². The van der Waals surface area contributed by atoms with Gasteiger partial charge in [0, 0.05) is 17.4 Å². The molecule has 2 nitrogen and oxygen atoms in total. The molecule has 1 aromatic carbocycles. The molecule has 0 saturated heterocycles. The van der Waals surface area contributed by atoms with Crippen LogP contribution in [0, 0.1) is 0 Å². The molecular weight excluding hydrogens is 210 g/mol. The molecule has 2 heteroatoms. The lowest BCUT2D eigenvalue weighted by atomic mass is 10.1. The van der Waals surface area contributed by atoms with Crippen molar-refractivity contribution in [3.05, 3.63) is 41.1 Å². The van der Waals surface area contributed by atoms with Crippen LogP contribution in [0.2, 0.25) is 0 Å². The normalized spacial score (nSPS) is 16.2. The monoisotopic (exact) mass is 231 g/mol. The average molecular weight is 231 g/mol. The number of hydrogen-bond acceptors (Lipinski definition) is 2. The van der Waals surface area contributed by atoms with Crippen LogP contribution >= 0.6 is 0 Å². The van der Waals surface area contributed by atoms with Crippen LogP contribution in [0.15, 0.2) is 35.5 Å². The first kappa shape index (κ1) is 12.2. The van der Waals surface area contributed by atoms with Crippen molar-refractivity contribution in [2.45, 2.75) is 39.7 Å². The highest BCUT2D eigenvalue weighted by molar-refractivity contribution is 5.61. The first-order valence-electron chi connectivity index (χ1n) is 6.31. The summed E-state index contributed by atoms with van der Waals surface area (Å²) in [6.45, 7) is 6.60. The van der Waals surface area contributed by atoms with Gasteiger partial charge in [0.25, 0.3) is 0 Å². The Bertz CT molecular complexity index is 434. The summed E-state index contributed by atoms with van der Waals surface area (Å²) in [7, 11) is 0. The average Bonchev–Trinajstić information content (AvgIpc) is 2.46. The number of allylic oxidation sites excluding steroid dienone is 1. The number of anilines is 1. The molecule has 0 saturated carbocycles. The Kier molecular flexibility index (Phi) is 3.53. The van der Waals surface area contributed by atoms with E-state index in [1.54, 1.807) is 0 Å². The zero-order valence-electron chi connectivity index (χ0n) is 10.9. The molecule has 0 atom stereocenters. The van der Waals surface area contributed by atoms with Crippen LogP contribution in [-0.2, 0) is 6.42 Å². The van der Waals surface area contributed by atoms with E-state index >= 15 is 0 Å². The number of benzene rings is 1. The van der Waals surface area contributed by atoms with Crippen LogP contribution in [0.4, 0.5) is 5.69 Å². The van der Waals surface area contributed by atoms with Crippen molar-refractivity contribution in [2.75, 3.05) is 11.5 Å². The van der Waals surface area contributed by atoms with E-state index in [4.69, 9.17) is 0 Å². The Morgan fingerprint density at radius 1 is 1.24 bits per heavy atom. The summed E-state index contributed by atoms with van der Waals surface area (Å²) in [5, 5.41) is 9.63. The van der Waals surface area contributed by atoms with E-state index in [2.05, 4.69) is 49.9 Å². The fourth-order valence-electron chi connectivity index (χ4n) is 2.58. The fourth-order valence-corrected chi connectivity index (χ4v) is 2.58. The third-order valence-corrected chi connectivity index (χ3v) is 3.47. The minimum absolute atomic E-state index is 0.123. The maximum absolute atomic E-state index is 9.63. The SMILES string of the molecule is CC1=C(CO)N(C(C)C)c2ccccc2CC1. The van der Waals surface area contributed by atoms with E-state index in [9.17, 15) is 5.11 Å². The topological polar surface area (TPSA) is 23.5 Å². The largest absolute Gasteiger partial charge is 0.390 e. The van der Waals surface area contributed by atoms with E-state index < -0.39 is 0 Å². The second-order valence-corrected chi connectivity index (χ2v) is 4.98. The van der Waals surface area contributed by atoms with Crippen molar-refractivity contribution in [3.63, 3.8) is 0 Å². The molecule has 17 heavy (non-hydrogen) atoms. The third kappa shape index (κ3) is 2.22. The number of para-hydroxylation sites is 1. The van der Waals surface area contributed by atoms with Crippen molar-refractivity contribution in [1.82, 2.24) is 0 Å². The first-order valence-corrected chi connectivity index (χ1v) is 6.31. The summed E-state index contributed by atoms with van der Waals surface area (Å²) < 4.78 is 0. The van der Waals surface area contributed by atoms with Crippen LogP contribution in [0.5, 0.6) is 0 Å². The molecule has 0 fully saturated rings. The van der Waals surface area contributed by atoms with E-state index in [0.717, 1.165) is 18.5 Å². The Morgan fingerprint density at radius 3 is 2.59 bits per heavy atom. The van der Waals surface area contributed by atoms with Crippen molar-refractivity contribution in [2.24, 2.45) is 0 Å². The summed E-state index contributed by atoms with van der Waals surface area (Å²) in [5.74, 6) is 0. The van der Waals surface area contributed by atoms with Crippen LogP contribution in [0.25, 0.3) is 0 Å². The van der Waals surface area contributed by atoms with Crippen molar-refractivity contribution in [3.8, 4) is 0 Å². The molecule has 0 bridgehead atoms. The number of rotatable bonds is 2. The van der Waals surface area contributed by atoms with Crippen LogP contribution < -0.4 is 4.90 Å². The van der Waals surface area contributed by atoms with Gasteiger partial charge in [-0.05, 0) is 45.2 Å². The molecule has 0 aromatic heterocycles. The molecule has 0 amide bonds. The second kappa shape index (κ2) is 4.92. The van der Waals surface area contributed by atoms with Gasteiger partial charge >= 0.3 is 0 Å². The summed E-state index contributed by atoms with van der Waals surface area (Å²) in [6.07, 6.45) is 2.10. The highest BCUT2D eigenvalue weighted by Gasteiger charge is 2.22. The third-order valence-electron chi connectivity index (χ3n) is 3.47. The summed E-state index contributed by atoms with van der Waals surface area (Å²) in [4.78, 5) is 2.28. The fraction of sp³-hybridized carbons (Fsp3) is 0.467. The maximum atomic E-state index is 9.63. The summed E-state index contributed by atoms with van der Waals surface area (Å²) >= 11 is 0. The zero-order chi connectivity index (χ0) is 12.4. The molecule has 0 spiro atoms. The second-order valence-electron chi connectivity index (χ2n) is 4.98. The number of aliphatic hydroxyl groups excluding tert-OH is 1. The Hall–Kier alpha value is -1.28. The lowest BCUT2D eigenvalue weighted by Gasteiger charge is -2.32. The number of aryl methyl sites for hydroxylation is 1. The number of hydrogen-bond donors (Lipinski definition) is 1. The molecule has 0 aliphatic carbocycles. The van der Waals surface area contributed by atoms with Gasteiger partial charge in [-0.1, -0.05) is 23.8 Å². The lowest BCUT2D eigenvalue weighted by Crippen LogP contribution is -2.32. The summed E-state index contributed by atoms with van der Waals surface area (Å²) in [5.41, 5.74) is 5.01. The standard InChI is InChI=1S/C15H21NO/c1-11(2)16-14-7-5-4-6-13(14)9-8-12(3)15(16)10-17/h4-7,11,17H,8-10H2,1-3H3. The Morgan fingerprint density at radius 2 is 1.94 bits per heavy atom. The predicted molar refractivity (Wildman–Crippen MR) is 72.2 cm³/mol. The molecule has 1 aliphatic rings. The molecule has 1 N–H and O–H groups in total. The van der Waals surface area contributed by atoms with Crippen LogP contribution in [0.1, 0.15) is 32.8 Å². The van der Waals surface area contributed by atoms with E-state index in [-0.39, 0.29) is 6.61 Å². The molecule has 92 valence electrons. The van der Waals surface area contributed by atoms with Gasteiger partial charge in [-0.3, -0.25) is 0 Å². The minimum atomic E-state index is 0.123. The molecular formula is C15H21NO. The van der Waals surface area contributed by atoms with Crippen molar-refractivity contribution in [1.29, 1.82) is 0 Å². The predicted octanol–water partition coefficient (Wildman–Crippen LogP) is 3.11. The molecule has 1 aliphatic heterocycles. The Balaban J connectivity index is 2.55.